The molecule has 3 heterocycles. The highest BCUT2D eigenvalue weighted by Gasteiger charge is 2.21. The standard InChI is InChI=1S/C17H18ClN5O4/c1-10-6-22(16(26)27-17(2,3)4)15(25)21(14(10)24)7-11-5-12-13(18)19-9-20-23(12)8-11/h5-6,8-9H,7H2,1-4H3. The van der Waals surface area contributed by atoms with Crippen LogP contribution in [0.4, 0.5) is 4.79 Å². The third-order valence-corrected chi connectivity index (χ3v) is 3.98. The third-order valence-electron chi connectivity index (χ3n) is 3.69. The second kappa shape index (κ2) is 6.66. The number of ether oxygens (including phenoxy) is 1. The van der Waals surface area contributed by atoms with Crippen molar-refractivity contribution >= 4 is 23.2 Å². The Hall–Kier alpha value is -2.94. The van der Waals surface area contributed by atoms with Gasteiger partial charge in [0.25, 0.3) is 5.56 Å². The normalized spacial score (nSPS) is 11.7. The van der Waals surface area contributed by atoms with Crippen molar-refractivity contribution in [3.8, 4) is 0 Å². The summed E-state index contributed by atoms with van der Waals surface area (Å²) in [6.45, 7) is 6.54. The molecule has 0 spiro atoms. The molecule has 10 heteroatoms. The molecule has 0 saturated carbocycles. The molecule has 27 heavy (non-hydrogen) atoms. The van der Waals surface area contributed by atoms with E-state index in [0.717, 1.165) is 9.13 Å². The average molecular weight is 392 g/mol. The maximum atomic E-state index is 12.7. The van der Waals surface area contributed by atoms with Crippen LogP contribution in [0, 0.1) is 6.92 Å². The molecular formula is C17H18ClN5O4. The van der Waals surface area contributed by atoms with Crippen LogP contribution in [-0.2, 0) is 11.3 Å². The molecule has 9 nitrogen and oxygen atoms in total. The van der Waals surface area contributed by atoms with Gasteiger partial charge in [0.15, 0.2) is 5.15 Å². The van der Waals surface area contributed by atoms with Crippen molar-refractivity contribution in [3.05, 3.63) is 61.9 Å². The largest absolute Gasteiger partial charge is 0.443 e. The SMILES string of the molecule is Cc1cn(C(=O)OC(C)(C)C)c(=O)n(Cc2cc3c(Cl)ncnn3c2)c1=O. The van der Waals surface area contributed by atoms with Gasteiger partial charge >= 0.3 is 11.8 Å². The van der Waals surface area contributed by atoms with E-state index < -0.39 is 22.9 Å². The molecule has 0 aliphatic rings. The molecule has 0 amide bonds. The lowest BCUT2D eigenvalue weighted by Gasteiger charge is -2.20. The number of fused-ring (bicyclic) bond motifs is 1. The fourth-order valence-electron chi connectivity index (χ4n) is 2.54. The van der Waals surface area contributed by atoms with Crippen LogP contribution in [0.1, 0.15) is 31.9 Å². The van der Waals surface area contributed by atoms with Gasteiger partial charge in [0.1, 0.15) is 17.4 Å². The summed E-state index contributed by atoms with van der Waals surface area (Å²) in [5.74, 6) is 0. The molecule has 0 atom stereocenters. The lowest BCUT2D eigenvalue weighted by Crippen LogP contribution is -2.44. The first kappa shape index (κ1) is 18.8. The Kier molecular flexibility index (Phi) is 4.64. The molecular weight excluding hydrogens is 374 g/mol. The van der Waals surface area contributed by atoms with Crippen LogP contribution in [0.3, 0.4) is 0 Å². The monoisotopic (exact) mass is 391 g/mol. The number of halogens is 1. The Morgan fingerprint density at radius 1 is 1.26 bits per heavy atom. The highest BCUT2D eigenvalue weighted by molar-refractivity contribution is 6.32. The van der Waals surface area contributed by atoms with Gasteiger partial charge in [-0.05, 0) is 39.3 Å². The Morgan fingerprint density at radius 2 is 1.96 bits per heavy atom. The van der Waals surface area contributed by atoms with Gasteiger partial charge in [0.2, 0.25) is 0 Å². The quantitative estimate of drug-likeness (QED) is 0.660. The van der Waals surface area contributed by atoms with Gasteiger partial charge in [-0.3, -0.25) is 9.36 Å². The van der Waals surface area contributed by atoms with Crippen LogP contribution in [0.5, 0.6) is 0 Å². The predicted molar refractivity (Wildman–Crippen MR) is 98.4 cm³/mol. The predicted octanol–water partition coefficient (Wildman–Crippen LogP) is 1.85. The molecule has 0 bridgehead atoms. The number of aryl methyl sites for hydroxylation is 1. The summed E-state index contributed by atoms with van der Waals surface area (Å²) in [4.78, 5) is 41.4. The van der Waals surface area contributed by atoms with E-state index in [9.17, 15) is 14.4 Å². The Labute approximate surface area is 158 Å². The van der Waals surface area contributed by atoms with E-state index in [0.29, 0.717) is 11.1 Å². The molecule has 3 aromatic heterocycles. The zero-order valence-electron chi connectivity index (χ0n) is 15.3. The van der Waals surface area contributed by atoms with Crippen LogP contribution in [0.2, 0.25) is 5.15 Å². The van der Waals surface area contributed by atoms with Gasteiger partial charge in [-0.25, -0.2) is 23.7 Å². The maximum Gasteiger partial charge on any atom is 0.422 e. The van der Waals surface area contributed by atoms with Gasteiger partial charge in [-0.15, -0.1) is 0 Å². The molecule has 142 valence electrons. The number of rotatable bonds is 2. The van der Waals surface area contributed by atoms with E-state index in [4.69, 9.17) is 16.3 Å². The minimum atomic E-state index is -0.847. The summed E-state index contributed by atoms with van der Waals surface area (Å²) < 4.78 is 8.50. The van der Waals surface area contributed by atoms with Crippen molar-refractivity contribution < 1.29 is 9.53 Å². The summed E-state index contributed by atoms with van der Waals surface area (Å²) in [5.41, 5.74) is -0.664. The van der Waals surface area contributed by atoms with Crippen molar-refractivity contribution in [1.29, 1.82) is 0 Å². The molecule has 0 saturated heterocycles. The summed E-state index contributed by atoms with van der Waals surface area (Å²) in [6.07, 6.45) is 3.27. The van der Waals surface area contributed by atoms with E-state index in [1.165, 1.54) is 24.0 Å². The van der Waals surface area contributed by atoms with Gasteiger partial charge < -0.3 is 4.74 Å². The van der Waals surface area contributed by atoms with Crippen LogP contribution in [0.25, 0.3) is 5.52 Å². The van der Waals surface area contributed by atoms with Crippen molar-refractivity contribution in [1.82, 2.24) is 23.7 Å². The van der Waals surface area contributed by atoms with Gasteiger partial charge in [0, 0.05) is 18.0 Å². The first-order valence-corrected chi connectivity index (χ1v) is 8.49. The first-order valence-electron chi connectivity index (χ1n) is 8.11. The van der Waals surface area contributed by atoms with Crippen LogP contribution in [0.15, 0.2) is 34.4 Å². The van der Waals surface area contributed by atoms with E-state index in [1.54, 1.807) is 33.0 Å². The molecule has 0 unspecified atom stereocenters. The first-order chi connectivity index (χ1) is 12.6. The lowest BCUT2D eigenvalue weighted by atomic mass is 10.2. The second-order valence-corrected chi connectivity index (χ2v) is 7.42. The number of hydrogen-bond donors (Lipinski definition) is 0. The second-order valence-electron chi connectivity index (χ2n) is 7.07. The molecule has 0 radical (unpaired) electrons. The molecule has 0 fully saturated rings. The van der Waals surface area contributed by atoms with Crippen LogP contribution < -0.4 is 11.2 Å². The molecule has 3 rings (SSSR count). The number of aromatic nitrogens is 5. The average Bonchev–Trinajstić information content (AvgIpc) is 2.97. The van der Waals surface area contributed by atoms with E-state index >= 15 is 0 Å². The number of nitrogens with zero attached hydrogens (tertiary/aromatic N) is 5. The third kappa shape index (κ3) is 3.77. The van der Waals surface area contributed by atoms with Gasteiger partial charge in [-0.2, -0.15) is 5.10 Å². The minimum Gasteiger partial charge on any atom is -0.443 e. The van der Waals surface area contributed by atoms with E-state index in [-0.39, 0.29) is 17.3 Å². The Morgan fingerprint density at radius 3 is 2.59 bits per heavy atom. The summed E-state index contributed by atoms with van der Waals surface area (Å²) in [7, 11) is 0. The Balaban J connectivity index is 2.06. The van der Waals surface area contributed by atoms with Gasteiger partial charge in [-0.1, -0.05) is 11.6 Å². The Bertz CT molecular complexity index is 1150. The van der Waals surface area contributed by atoms with Gasteiger partial charge in [0.05, 0.1) is 6.54 Å². The smallest absolute Gasteiger partial charge is 0.422 e. The summed E-state index contributed by atoms with van der Waals surface area (Å²) >= 11 is 6.02. The van der Waals surface area contributed by atoms with Crippen molar-refractivity contribution in [2.24, 2.45) is 0 Å². The maximum absolute atomic E-state index is 12.7. The van der Waals surface area contributed by atoms with Crippen molar-refractivity contribution in [2.45, 2.75) is 39.8 Å². The minimum absolute atomic E-state index is 0.0537. The number of carbonyl (C=O) groups is 1. The topological polar surface area (TPSA) is 100 Å². The molecule has 0 N–H and O–H groups in total. The number of hydrogen-bond acceptors (Lipinski definition) is 6. The lowest BCUT2D eigenvalue weighted by molar-refractivity contribution is 0.0525. The van der Waals surface area contributed by atoms with Crippen molar-refractivity contribution in [3.63, 3.8) is 0 Å². The fraction of sp³-hybridized carbons (Fsp3) is 0.353. The van der Waals surface area contributed by atoms with E-state index in [2.05, 4.69) is 10.1 Å². The fourth-order valence-corrected chi connectivity index (χ4v) is 2.72. The highest BCUT2D eigenvalue weighted by Crippen LogP contribution is 2.16. The van der Waals surface area contributed by atoms with Crippen molar-refractivity contribution in [2.75, 3.05) is 0 Å². The molecule has 0 aliphatic carbocycles. The molecule has 3 aromatic rings. The van der Waals surface area contributed by atoms with Crippen LogP contribution in [-0.4, -0.2) is 35.4 Å². The summed E-state index contributed by atoms with van der Waals surface area (Å²) in [6, 6.07) is 1.67. The molecule has 0 aliphatic heterocycles. The van der Waals surface area contributed by atoms with Crippen LogP contribution >= 0.6 is 11.6 Å². The van der Waals surface area contributed by atoms with E-state index in [1.807, 2.05) is 0 Å². The summed E-state index contributed by atoms with van der Waals surface area (Å²) in [5, 5.41) is 4.28. The number of carbonyl (C=O) groups excluding carboxylic acids is 1. The zero-order chi connectivity index (χ0) is 19.9. The zero-order valence-corrected chi connectivity index (χ0v) is 16.0. The highest BCUT2D eigenvalue weighted by atomic mass is 35.5. The molecule has 0 aromatic carbocycles.